The number of amidine groups is 1. The van der Waals surface area contributed by atoms with Gasteiger partial charge in [0.1, 0.15) is 0 Å². The number of nitrogens with two attached hydrogens (primary N) is 1. The third kappa shape index (κ3) is 3.40. The Kier molecular flexibility index (Phi) is 4.43. The SMILES string of the molecule is CCC(N=C(C)N)c1ccc(Cl)c(Cl)c1. The first-order valence-corrected chi connectivity index (χ1v) is 5.55. The summed E-state index contributed by atoms with van der Waals surface area (Å²) < 4.78 is 0. The third-order valence-electron chi connectivity index (χ3n) is 2.07. The van der Waals surface area contributed by atoms with Gasteiger partial charge in [-0.05, 0) is 31.0 Å². The van der Waals surface area contributed by atoms with Crippen molar-refractivity contribution in [3.05, 3.63) is 33.8 Å². The molecule has 0 aliphatic carbocycles. The first-order valence-electron chi connectivity index (χ1n) is 4.79. The summed E-state index contributed by atoms with van der Waals surface area (Å²) in [6.07, 6.45) is 0.881. The van der Waals surface area contributed by atoms with E-state index >= 15 is 0 Å². The van der Waals surface area contributed by atoms with Gasteiger partial charge >= 0.3 is 0 Å². The molecule has 0 aromatic heterocycles. The second-order valence-corrected chi connectivity index (χ2v) is 4.18. The topological polar surface area (TPSA) is 38.4 Å². The zero-order chi connectivity index (χ0) is 11.4. The fraction of sp³-hybridized carbons (Fsp3) is 0.364. The van der Waals surface area contributed by atoms with Gasteiger partial charge in [-0.2, -0.15) is 0 Å². The number of aliphatic imine (C=N–C) groups is 1. The second kappa shape index (κ2) is 5.38. The molecule has 1 aromatic carbocycles. The Morgan fingerprint density at radius 2 is 2.07 bits per heavy atom. The van der Waals surface area contributed by atoms with Crippen LogP contribution in [0.15, 0.2) is 23.2 Å². The lowest BCUT2D eigenvalue weighted by molar-refractivity contribution is 0.700. The molecule has 0 aliphatic heterocycles. The van der Waals surface area contributed by atoms with Crippen LogP contribution in [0.4, 0.5) is 0 Å². The molecule has 1 atom stereocenters. The largest absolute Gasteiger partial charge is 0.388 e. The third-order valence-corrected chi connectivity index (χ3v) is 2.81. The molecule has 0 saturated carbocycles. The predicted molar refractivity (Wildman–Crippen MR) is 66.8 cm³/mol. The van der Waals surface area contributed by atoms with E-state index in [1.807, 2.05) is 12.1 Å². The maximum atomic E-state index is 5.94. The van der Waals surface area contributed by atoms with E-state index in [0.29, 0.717) is 15.9 Å². The van der Waals surface area contributed by atoms with Crippen LogP contribution in [0.3, 0.4) is 0 Å². The standard InChI is InChI=1S/C11H14Cl2N2/c1-3-11(15-7(2)14)8-4-5-9(12)10(13)6-8/h4-6,11H,3H2,1-2H3,(H2,14,15). The minimum absolute atomic E-state index is 0.0600. The highest BCUT2D eigenvalue weighted by molar-refractivity contribution is 6.42. The summed E-state index contributed by atoms with van der Waals surface area (Å²) in [4.78, 5) is 4.33. The molecule has 0 aliphatic rings. The molecule has 0 spiro atoms. The summed E-state index contributed by atoms with van der Waals surface area (Å²) in [6, 6.07) is 5.60. The van der Waals surface area contributed by atoms with E-state index in [-0.39, 0.29) is 6.04 Å². The van der Waals surface area contributed by atoms with Crippen LogP contribution >= 0.6 is 23.2 Å². The van der Waals surface area contributed by atoms with Gasteiger partial charge < -0.3 is 5.73 Å². The highest BCUT2D eigenvalue weighted by atomic mass is 35.5. The van der Waals surface area contributed by atoms with Crippen LogP contribution in [0, 0.1) is 0 Å². The molecule has 0 amide bonds. The summed E-state index contributed by atoms with van der Waals surface area (Å²) in [5.74, 6) is 0.577. The molecule has 1 rings (SSSR count). The smallest absolute Gasteiger partial charge is 0.0913 e. The van der Waals surface area contributed by atoms with Crippen molar-refractivity contribution in [2.24, 2.45) is 10.7 Å². The van der Waals surface area contributed by atoms with Gasteiger partial charge in [0.05, 0.1) is 21.9 Å². The maximum absolute atomic E-state index is 5.94. The normalized spacial score (nSPS) is 14.0. The number of nitrogens with zero attached hydrogens (tertiary/aromatic N) is 1. The van der Waals surface area contributed by atoms with E-state index in [2.05, 4.69) is 11.9 Å². The summed E-state index contributed by atoms with van der Waals surface area (Å²) >= 11 is 11.8. The van der Waals surface area contributed by atoms with Gasteiger partial charge in [-0.1, -0.05) is 36.2 Å². The van der Waals surface area contributed by atoms with Crippen molar-refractivity contribution in [2.45, 2.75) is 26.3 Å². The lowest BCUT2D eigenvalue weighted by Crippen LogP contribution is -2.08. The van der Waals surface area contributed by atoms with E-state index in [1.165, 1.54) is 0 Å². The molecule has 0 fully saturated rings. The predicted octanol–water partition coefficient (Wildman–Crippen LogP) is 3.82. The number of hydrogen-bond donors (Lipinski definition) is 1. The summed E-state index contributed by atoms with van der Waals surface area (Å²) in [5.41, 5.74) is 6.60. The van der Waals surface area contributed by atoms with E-state index in [1.54, 1.807) is 13.0 Å². The van der Waals surface area contributed by atoms with Crippen LogP contribution in [0.5, 0.6) is 0 Å². The van der Waals surface area contributed by atoms with Gasteiger partial charge in [-0.15, -0.1) is 0 Å². The van der Waals surface area contributed by atoms with Crippen molar-refractivity contribution in [1.82, 2.24) is 0 Å². The van der Waals surface area contributed by atoms with Crippen molar-refractivity contribution >= 4 is 29.0 Å². The number of hydrogen-bond acceptors (Lipinski definition) is 1. The van der Waals surface area contributed by atoms with Crippen molar-refractivity contribution < 1.29 is 0 Å². The van der Waals surface area contributed by atoms with Crippen LogP contribution in [0.25, 0.3) is 0 Å². The fourth-order valence-electron chi connectivity index (χ4n) is 1.37. The van der Waals surface area contributed by atoms with Gasteiger partial charge in [-0.25, -0.2) is 0 Å². The quantitative estimate of drug-likeness (QED) is 0.638. The van der Waals surface area contributed by atoms with E-state index < -0.39 is 0 Å². The Balaban J connectivity index is 3.03. The van der Waals surface area contributed by atoms with Gasteiger partial charge in [-0.3, -0.25) is 4.99 Å². The average Bonchev–Trinajstić information content (AvgIpc) is 2.18. The van der Waals surface area contributed by atoms with Crippen LogP contribution in [0.2, 0.25) is 10.0 Å². The number of benzene rings is 1. The molecule has 2 N–H and O–H groups in total. The Morgan fingerprint density at radius 3 is 2.53 bits per heavy atom. The van der Waals surface area contributed by atoms with Gasteiger partial charge in [0.25, 0.3) is 0 Å². The molecule has 0 heterocycles. The molecule has 1 aromatic rings. The highest BCUT2D eigenvalue weighted by Crippen LogP contribution is 2.28. The van der Waals surface area contributed by atoms with Crippen LogP contribution in [0.1, 0.15) is 31.9 Å². The molecule has 0 bridgehead atoms. The molecule has 0 saturated heterocycles. The highest BCUT2D eigenvalue weighted by Gasteiger charge is 2.09. The summed E-state index contributed by atoms with van der Waals surface area (Å²) in [5, 5.41) is 1.11. The number of halogens is 2. The van der Waals surface area contributed by atoms with E-state index in [4.69, 9.17) is 28.9 Å². The molecule has 1 unspecified atom stereocenters. The fourth-order valence-corrected chi connectivity index (χ4v) is 1.67. The van der Waals surface area contributed by atoms with Crippen molar-refractivity contribution in [3.63, 3.8) is 0 Å². The van der Waals surface area contributed by atoms with E-state index in [0.717, 1.165) is 12.0 Å². The van der Waals surface area contributed by atoms with Gasteiger partial charge in [0.15, 0.2) is 0 Å². The van der Waals surface area contributed by atoms with Crippen molar-refractivity contribution in [3.8, 4) is 0 Å². The molecule has 0 radical (unpaired) electrons. The molecular weight excluding hydrogens is 231 g/mol. The zero-order valence-electron chi connectivity index (χ0n) is 8.80. The van der Waals surface area contributed by atoms with Crippen LogP contribution in [-0.4, -0.2) is 5.84 Å². The van der Waals surface area contributed by atoms with Gasteiger partial charge in [0, 0.05) is 0 Å². The summed E-state index contributed by atoms with van der Waals surface area (Å²) in [7, 11) is 0. The van der Waals surface area contributed by atoms with E-state index in [9.17, 15) is 0 Å². The van der Waals surface area contributed by atoms with Crippen molar-refractivity contribution in [2.75, 3.05) is 0 Å². The molecule has 4 heteroatoms. The monoisotopic (exact) mass is 244 g/mol. The lowest BCUT2D eigenvalue weighted by atomic mass is 10.1. The number of rotatable bonds is 3. The Morgan fingerprint density at radius 1 is 1.40 bits per heavy atom. The molecule has 2 nitrogen and oxygen atoms in total. The van der Waals surface area contributed by atoms with Crippen LogP contribution in [-0.2, 0) is 0 Å². The lowest BCUT2D eigenvalue weighted by Gasteiger charge is -2.11. The van der Waals surface area contributed by atoms with Crippen molar-refractivity contribution in [1.29, 1.82) is 0 Å². The Bertz CT molecular complexity index is 371. The first kappa shape index (κ1) is 12.3. The Labute approximate surface area is 100 Å². The molecular formula is C11H14Cl2N2. The second-order valence-electron chi connectivity index (χ2n) is 3.37. The van der Waals surface area contributed by atoms with Gasteiger partial charge in [0.2, 0.25) is 0 Å². The minimum atomic E-state index is 0.0600. The minimum Gasteiger partial charge on any atom is -0.388 e. The maximum Gasteiger partial charge on any atom is 0.0913 e. The summed E-state index contributed by atoms with van der Waals surface area (Å²) in [6.45, 7) is 3.83. The average molecular weight is 245 g/mol. The molecule has 15 heavy (non-hydrogen) atoms. The Hall–Kier alpha value is -0.730. The first-order chi connectivity index (χ1) is 7.04. The van der Waals surface area contributed by atoms with Crippen LogP contribution < -0.4 is 5.73 Å². The zero-order valence-corrected chi connectivity index (χ0v) is 10.3. The molecule has 82 valence electrons.